The molecule has 0 radical (unpaired) electrons. The van der Waals surface area contributed by atoms with Crippen LogP contribution in [0.25, 0.3) is 22.3 Å². The first-order chi connectivity index (χ1) is 28.1. The van der Waals surface area contributed by atoms with Crippen molar-refractivity contribution in [3.05, 3.63) is 179 Å². The molecular formula is C46H38N8O4+2. The van der Waals surface area contributed by atoms with Gasteiger partial charge in [-0.05, 0) is 84.0 Å². The lowest BCUT2D eigenvalue weighted by molar-refractivity contribution is -0.673. The normalized spacial score (nSPS) is 16.8. The first-order valence-electron chi connectivity index (χ1n) is 18.6. The highest BCUT2D eigenvalue weighted by Gasteiger charge is 2.33. The maximum absolute atomic E-state index is 12.4. The number of fused-ring (bicyclic) bond motifs is 4. The van der Waals surface area contributed by atoms with Gasteiger partial charge >= 0.3 is 11.9 Å². The van der Waals surface area contributed by atoms with E-state index in [1.807, 2.05) is 120 Å². The number of methoxy groups -OCH3 is 2. The average molecular weight is 767 g/mol. The first kappa shape index (κ1) is 36.1. The van der Waals surface area contributed by atoms with Gasteiger partial charge in [0, 0.05) is 11.1 Å². The zero-order chi connectivity index (χ0) is 40.2. The van der Waals surface area contributed by atoms with E-state index in [2.05, 4.69) is 24.3 Å². The second-order valence-corrected chi connectivity index (χ2v) is 14.2. The summed E-state index contributed by atoms with van der Waals surface area (Å²) in [6, 6.07) is 14.6. The van der Waals surface area contributed by atoms with Gasteiger partial charge in [0.1, 0.15) is 35.9 Å². The van der Waals surface area contributed by atoms with Crippen molar-refractivity contribution in [2.24, 2.45) is 48.2 Å². The van der Waals surface area contributed by atoms with Gasteiger partial charge in [-0.15, -0.1) is 0 Å². The summed E-state index contributed by atoms with van der Waals surface area (Å²) >= 11 is 0. The number of ether oxygens (including phenoxy) is 2. The molecule has 0 N–H and O–H groups in total. The van der Waals surface area contributed by atoms with E-state index < -0.39 is 11.9 Å². The van der Waals surface area contributed by atoms with Crippen LogP contribution in [0.15, 0.2) is 165 Å². The minimum atomic E-state index is -0.416. The number of esters is 2. The van der Waals surface area contributed by atoms with Gasteiger partial charge in [0.25, 0.3) is 11.6 Å². The highest BCUT2D eigenvalue weighted by molar-refractivity contribution is 6.38. The van der Waals surface area contributed by atoms with Gasteiger partial charge in [-0.2, -0.15) is 0 Å². The number of imidazole rings is 2. The van der Waals surface area contributed by atoms with Crippen LogP contribution in [0.1, 0.15) is 43.5 Å². The van der Waals surface area contributed by atoms with Gasteiger partial charge in [0.2, 0.25) is 0 Å². The summed E-state index contributed by atoms with van der Waals surface area (Å²) in [5.41, 5.74) is 11.7. The number of aryl methyl sites for hydroxylation is 4. The van der Waals surface area contributed by atoms with Crippen LogP contribution in [0.5, 0.6) is 0 Å². The van der Waals surface area contributed by atoms with Crippen molar-refractivity contribution < 1.29 is 28.2 Å². The molecule has 0 aliphatic carbocycles. The predicted molar refractivity (Wildman–Crippen MR) is 223 cm³/mol. The molecule has 8 bridgehead atoms. The van der Waals surface area contributed by atoms with E-state index in [0.717, 1.165) is 62.2 Å². The molecule has 12 nitrogen and oxygen atoms in total. The molecule has 2 aromatic heterocycles. The molecule has 0 atom stereocenters. The zero-order valence-corrected chi connectivity index (χ0v) is 32.8. The fraction of sp³-hybridized carbons (Fsp3) is 0.130. The molecule has 58 heavy (non-hydrogen) atoms. The summed E-state index contributed by atoms with van der Waals surface area (Å²) in [6.45, 7) is 0. The largest absolute Gasteiger partial charge is 0.465 e. The van der Waals surface area contributed by atoms with E-state index in [1.54, 1.807) is 24.3 Å². The van der Waals surface area contributed by atoms with Gasteiger partial charge in [0.15, 0.2) is 0 Å². The van der Waals surface area contributed by atoms with E-state index in [9.17, 15) is 9.59 Å². The van der Waals surface area contributed by atoms with Crippen molar-refractivity contribution in [1.29, 1.82) is 0 Å². The highest BCUT2D eigenvalue weighted by Crippen LogP contribution is 2.38. The van der Waals surface area contributed by atoms with E-state index in [1.165, 1.54) is 14.2 Å². The summed E-state index contributed by atoms with van der Waals surface area (Å²) in [6.07, 6.45) is 24.1. The standard InChI is InChI=1S/C46H38N8O4/c1-51-21-22-52(2)43(51)41-35-16-15-31(47-35)25-38-32(27-7-11-29(12-8-27)45(55)57-5)26-39(50-38)42(44-53(3)23-24-54(44)4)37-20-18-34(49-37)40(33-17-19-36(41)48-33)28-9-13-30(14-10-28)46(56)58-6/h7-26H,1-6H3/q+2. The van der Waals surface area contributed by atoms with Crippen molar-refractivity contribution in [2.75, 3.05) is 14.2 Å². The number of carbonyl (C=O) groups excluding carboxylic acids is 2. The van der Waals surface area contributed by atoms with Crippen LogP contribution in [0.2, 0.25) is 0 Å². The fourth-order valence-electron chi connectivity index (χ4n) is 7.75. The molecular weight excluding hydrogens is 729 g/mol. The Labute approximate surface area is 334 Å². The quantitative estimate of drug-likeness (QED) is 0.188. The van der Waals surface area contributed by atoms with Crippen LogP contribution < -0.4 is 9.13 Å². The van der Waals surface area contributed by atoms with Crippen LogP contribution in [-0.4, -0.2) is 58.1 Å². The Balaban J connectivity index is 1.34. The Morgan fingerprint density at radius 1 is 0.552 bits per heavy atom. The van der Waals surface area contributed by atoms with Crippen molar-refractivity contribution in [3.63, 3.8) is 0 Å². The number of rotatable bonds is 6. The van der Waals surface area contributed by atoms with Crippen molar-refractivity contribution in [1.82, 2.24) is 9.13 Å². The molecule has 0 saturated carbocycles. The van der Waals surface area contributed by atoms with Crippen LogP contribution in [0.4, 0.5) is 0 Å². The second kappa shape index (κ2) is 14.2. The maximum Gasteiger partial charge on any atom is 0.337 e. The van der Waals surface area contributed by atoms with Crippen LogP contribution in [0.3, 0.4) is 0 Å². The SMILES string of the molecule is COC(=O)c1ccc(C2=CC3=NC2=CC2=NC(=C(c4n(C)cc[n+]4C)C4=NC(=C(c5ccc(C(=O)OC)cc5)C5=NC(=C3c3n(C)cc[n+]3C)C=C5)C=C4)C=C2)cc1. The molecule has 0 fully saturated rings. The number of nitrogens with zero attached hydrogens (tertiary/aromatic N) is 8. The number of hydrogen-bond acceptors (Lipinski definition) is 8. The molecule has 4 aromatic rings. The minimum absolute atomic E-state index is 0.406. The molecule has 0 saturated heterocycles. The minimum Gasteiger partial charge on any atom is -0.465 e. The third kappa shape index (κ3) is 6.11. The Kier molecular flexibility index (Phi) is 8.80. The van der Waals surface area contributed by atoms with E-state index in [4.69, 9.17) is 29.4 Å². The van der Waals surface area contributed by atoms with Crippen molar-refractivity contribution in [2.45, 2.75) is 0 Å². The highest BCUT2D eigenvalue weighted by atomic mass is 16.5. The number of carbonyl (C=O) groups is 2. The molecule has 7 heterocycles. The van der Waals surface area contributed by atoms with Gasteiger partial charge in [0.05, 0.1) is 99.2 Å². The van der Waals surface area contributed by atoms with Gasteiger partial charge in [-0.25, -0.2) is 47.8 Å². The van der Waals surface area contributed by atoms with E-state index >= 15 is 0 Å². The molecule has 9 rings (SSSR count). The molecule has 0 unspecified atom stereocenters. The lowest BCUT2D eigenvalue weighted by Gasteiger charge is -2.11. The Hall–Kier alpha value is -7.60. The number of aliphatic imine (C=N–C) groups is 4. The van der Waals surface area contributed by atoms with Gasteiger partial charge in [-0.3, -0.25) is 0 Å². The summed E-state index contributed by atoms with van der Waals surface area (Å²) in [5, 5.41) is 0. The third-order valence-corrected chi connectivity index (χ3v) is 10.6. The van der Waals surface area contributed by atoms with Gasteiger partial charge < -0.3 is 9.47 Å². The second-order valence-electron chi connectivity index (χ2n) is 14.2. The fourth-order valence-corrected chi connectivity index (χ4v) is 7.75. The average Bonchev–Trinajstić information content (AvgIpc) is 4.12. The van der Waals surface area contributed by atoms with Crippen molar-refractivity contribution in [3.8, 4) is 0 Å². The van der Waals surface area contributed by atoms with Crippen LogP contribution >= 0.6 is 0 Å². The molecule has 284 valence electrons. The lowest BCUT2D eigenvalue weighted by atomic mass is 9.97. The summed E-state index contributed by atoms with van der Waals surface area (Å²) in [4.78, 5) is 46.0. The first-order valence-corrected chi connectivity index (χ1v) is 18.6. The number of benzene rings is 2. The molecule has 2 aromatic carbocycles. The Bertz CT molecular complexity index is 2850. The lowest BCUT2D eigenvalue weighted by Crippen LogP contribution is -2.33. The monoisotopic (exact) mass is 766 g/mol. The van der Waals surface area contributed by atoms with E-state index in [-0.39, 0.29) is 0 Å². The maximum atomic E-state index is 12.4. The third-order valence-electron chi connectivity index (χ3n) is 10.6. The number of allylic oxidation sites excluding steroid dienone is 12. The molecule has 0 amide bonds. The summed E-state index contributed by atoms with van der Waals surface area (Å²) in [5.74, 6) is 0.989. The topological polar surface area (TPSA) is 120 Å². The molecule has 0 spiro atoms. The predicted octanol–water partition coefficient (Wildman–Crippen LogP) is 5.59. The van der Waals surface area contributed by atoms with Crippen molar-refractivity contribution >= 4 is 57.1 Å². The smallest absolute Gasteiger partial charge is 0.337 e. The Morgan fingerprint density at radius 2 is 1.03 bits per heavy atom. The molecule has 5 aliphatic heterocycles. The molecule has 12 heteroatoms. The summed E-state index contributed by atoms with van der Waals surface area (Å²) in [7, 11) is 10.8. The molecule has 5 aliphatic rings. The summed E-state index contributed by atoms with van der Waals surface area (Å²) < 4.78 is 18.2. The zero-order valence-electron chi connectivity index (χ0n) is 32.8. The number of aromatic nitrogens is 4. The van der Waals surface area contributed by atoms with Gasteiger partial charge in [-0.1, -0.05) is 24.3 Å². The van der Waals surface area contributed by atoms with Crippen LogP contribution in [-0.2, 0) is 37.7 Å². The van der Waals surface area contributed by atoms with E-state index in [0.29, 0.717) is 39.6 Å². The Morgan fingerprint density at radius 3 is 1.57 bits per heavy atom. The number of hydrogen-bond donors (Lipinski definition) is 0. The van der Waals surface area contributed by atoms with Crippen LogP contribution in [0, 0.1) is 0 Å².